The van der Waals surface area contributed by atoms with E-state index < -0.39 is 6.10 Å². The molecule has 0 unspecified atom stereocenters. The van der Waals surface area contributed by atoms with Crippen LogP contribution in [0.4, 0.5) is 4.79 Å². The molecule has 1 rings (SSSR count). The minimum Gasteiger partial charge on any atom is -0.450 e. The molecule has 1 fully saturated rings. The van der Waals surface area contributed by atoms with Gasteiger partial charge in [-0.2, -0.15) is 0 Å². The number of likely N-dealkylation sites (N-methyl/N-ethyl adjacent to an activating group) is 1. The first-order valence-electron chi connectivity index (χ1n) is 4.96. The van der Waals surface area contributed by atoms with Crippen LogP contribution >= 0.6 is 0 Å². The molecule has 14 heavy (non-hydrogen) atoms. The summed E-state index contributed by atoms with van der Waals surface area (Å²) in [6.07, 6.45) is -0.0736. The predicted octanol–water partition coefficient (Wildman–Crippen LogP) is -0.203. The predicted molar refractivity (Wildman–Crippen MR) is 52.1 cm³/mol. The number of rotatable bonds is 2. The van der Waals surface area contributed by atoms with Crippen LogP contribution < -0.4 is 5.32 Å². The van der Waals surface area contributed by atoms with Crippen LogP contribution in [0.3, 0.4) is 0 Å². The van der Waals surface area contributed by atoms with Crippen molar-refractivity contribution in [2.75, 3.05) is 26.7 Å². The van der Waals surface area contributed by atoms with Crippen LogP contribution in [0.2, 0.25) is 0 Å². The highest BCUT2D eigenvalue weighted by molar-refractivity contribution is 5.67. The quantitative estimate of drug-likeness (QED) is 0.651. The number of aliphatic hydroxyl groups excluding tert-OH is 1. The third kappa shape index (κ3) is 2.59. The number of aliphatic hydroxyl groups is 1. The Bertz CT molecular complexity index is 198. The molecule has 0 bridgehead atoms. The van der Waals surface area contributed by atoms with E-state index in [1.807, 2.05) is 7.05 Å². The van der Waals surface area contributed by atoms with E-state index in [9.17, 15) is 9.90 Å². The van der Waals surface area contributed by atoms with Crippen LogP contribution in [-0.2, 0) is 4.74 Å². The molecule has 2 atom stereocenters. The molecule has 1 amide bonds. The number of hydrogen-bond acceptors (Lipinski definition) is 4. The normalized spacial score (nSPS) is 27.5. The maximum Gasteiger partial charge on any atom is 0.409 e. The minimum atomic E-state index is -0.502. The van der Waals surface area contributed by atoms with E-state index in [1.54, 1.807) is 11.8 Å². The van der Waals surface area contributed by atoms with Crippen LogP contribution in [0.1, 0.15) is 13.3 Å². The fourth-order valence-electron chi connectivity index (χ4n) is 1.65. The van der Waals surface area contributed by atoms with E-state index in [4.69, 9.17) is 4.74 Å². The highest BCUT2D eigenvalue weighted by Gasteiger charge is 2.29. The summed E-state index contributed by atoms with van der Waals surface area (Å²) in [5, 5.41) is 12.7. The monoisotopic (exact) mass is 202 g/mol. The van der Waals surface area contributed by atoms with Gasteiger partial charge in [0.25, 0.3) is 0 Å². The van der Waals surface area contributed by atoms with Gasteiger partial charge >= 0.3 is 6.09 Å². The number of piperidine rings is 1. The average Bonchev–Trinajstić information content (AvgIpc) is 2.18. The molecule has 1 aliphatic heterocycles. The first-order chi connectivity index (χ1) is 6.69. The Morgan fingerprint density at radius 3 is 2.93 bits per heavy atom. The van der Waals surface area contributed by atoms with Crippen molar-refractivity contribution in [3.05, 3.63) is 0 Å². The smallest absolute Gasteiger partial charge is 0.409 e. The van der Waals surface area contributed by atoms with Crippen molar-refractivity contribution in [1.82, 2.24) is 10.2 Å². The fourth-order valence-corrected chi connectivity index (χ4v) is 1.65. The molecule has 1 heterocycles. The van der Waals surface area contributed by atoms with Crippen LogP contribution in [0, 0.1) is 0 Å². The molecule has 2 N–H and O–H groups in total. The van der Waals surface area contributed by atoms with Crippen molar-refractivity contribution in [3.8, 4) is 0 Å². The van der Waals surface area contributed by atoms with Crippen molar-refractivity contribution in [2.24, 2.45) is 0 Å². The van der Waals surface area contributed by atoms with Crippen molar-refractivity contribution in [3.63, 3.8) is 0 Å². The summed E-state index contributed by atoms with van der Waals surface area (Å²) in [6.45, 7) is 3.14. The minimum absolute atomic E-state index is 0.0840. The number of β-amino-alcohol motifs (C(OH)–C–C–N with tert-alkyl or cyclic N) is 1. The Morgan fingerprint density at radius 2 is 2.43 bits per heavy atom. The van der Waals surface area contributed by atoms with E-state index in [0.29, 0.717) is 19.7 Å². The number of likely N-dealkylation sites (tertiary alicyclic amines) is 1. The summed E-state index contributed by atoms with van der Waals surface area (Å²) in [7, 11) is 1.81. The first-order valence-corrected chi connectivity index (χ1v) is 4.96. The van der Waals surface area contributed by atoms with Crippen molar-refractivity contribution >= 4 is 6.09 Å². The molecule has 1 aliphatic rings. The second-order valence-corrected chi connectivity index (χ2v) is 3.40. The molecule has 1 saturated heterocycles. The van der Waals surface area contributed by atoms with Gasteiger partial charge in [0.2, 0.25) is 0 Å². The Morgan fingerprint density at radius 1 is 1.71 bits per heavy atom. The Balaban J connectivity index is 2.41. The fraction of sp³-hybridized carbons (Fsp3) is 0.889. The zero-order valence-corrected chi connectivity index (χ0v) is 8.69. The van der Waals surface area contributed by atoms with Gasteiger partial charge < -0.3 is 20.1 Å². The van der Waals surface area contributed by atoms with E-state index in [-0.39, 0.29) is 12.1 Å². The van der Waals surface area contributed by atoms with Gasteiger partial charge in [0.1, 0.15) is 0 Å². The molecule has 0 aromatic rings. The summed E-state index contributed by atoms with van der Waals surface area (Å²) in [6, 6.07) is 0.0840. The lowest BCUT2D eigenvalue weighted by atomic mass is 10.0. The molecule has 5 nitrogen and oxygen atoms in total. The van der Waals surface area contributed by atoms with Gasteiger partial charge in [-0.15, -0.1) is 0 Å². The van der Waals surface area contributed by atoms with E-state index in [2.05, 4.69) is 5.32 Å². The average molecular weight is 202 g/mol. The number of nitrogens with one attached hydrogen (secondary N) is 1. The second kappa shape index (κ2) is 5.17. The number of nitrogens with zero attached hydrogens (tertiary/aromatic N) is 1. The molecule has 82 valence electrons. The highest BCUT2D eigenvalue weighted by atomic mass is 16.6. The number of carbonyl (C=O) groups excluding carboxylic acids is 1. The summed E-state index contributed by atoms with van der Waals surface area (Å²) in [4.78, 5) is 12.9. The molecule has 0 aromatic heterocycles. The zero-order valence-electron chi connectivity index (χ0n) is 8.69. The van der Waals surface area contributed by atoms with Gasteiger partial charge in [-0.25, -0.2) is 4.79 Å². The standard InChI is InChI=1S/C9H18N2O3/c1-3-14-9(13)11-5-4-7(10-2)8(12)6-11/h7-8,10,12H,3-6H2,1-2H3/t7-,8+/m1/s1. The Kier molecular flexibility index (Phi) is 4.16. The van der Waals surface area contributed by atoms with Gasteiger partial charge in [0.05, 0.1) is 19.3 Å². The third-order valence-electron chi connectivity index (χ3n) is 2.48. The topological polar surface area (TPSA) is 61.8 Å². The summed E-state index contributed by atoms with van der Waals surface area (Å²) in [5.74, 6) is 0. The van der Waals surface area contributed by atoms with Gasteiger partial charge in [-0.05, 0) is 20.4 Å². The summed E-state index contributed by atoms with van der Waals surface area (Å²) >= 11 is 0. The lowest BCUT2D eigenvalue weighted by molar-refractivity contribution is 0.0330. The van der Waals surface area contributed by atoms with E-state index >= 15 is 0 Å². The van der Waals surface area contributed by atoms with Gasteiger partial charge in [-0.3, -0.25) is 0 Å². The van der Waals surface area contributed by atoms with Crippen LogP contribution in [0.15, 0.2) is 0 Å². The zero-order chi connectivity index (χ0) is 10.6. The first kappa shape index (κ1) is 11.3. The largest absolute Gasteiger partial charge is 0.450 e. The number of ether oxygens (including phenoxy) is 1. The molecule has 0 spiro atoms. The molecule has 0 saturated carbocycles. The summed E-state index contributed by atoms with van der Waals surface area (Å²) < 4.78 is 4.85. The van der Waals surface area contributed by atoms with Gasteiger partial charge in [0.15, 0.2) is 0 Å². The van der Waals surface area contributed by atoms with E-state index in [1.165, 1.54) is 0 Å². The van der Waals surface area contributed by atoms with Crippen LogP contribution in [-0.4, -0.2) is 55.0 Å². The van der Waals surface area contributed by atoms with Crippen molar-refractivity contribution in [2.45, 2.75) is 25.5 Å². The van der Waals surface area contributed by atoms with E-state index in [0.717, 1.165) is 6.42 Å². The lowest BCUT2D eigenvalue weighted by Gasteiger charge is -2.34. The highest BCUT2D eigenvalue weighted by Crippen LogP contribution is 2.11. The maximum atomic E-state index is 11.3. The number of amides is 1. The third-order valence-corrected chi connectivity index (χ3v) is 2.48. The molecule has 5 heteroatoms. The van der Waals surface area contributed by atoms with Crippen LogP contribution in [0.25, 0.3) is 0 Å². The van der Waals surface area contributed by atoms with Gasteiger partial charge in [-0.1, -0.05) is 0 Å². The second-order valence-electron chi connectivity index (χ2n) is 3.40. The molecular formula is C9H18N2O3. The molecule has 0 radical (unpaired) electrons. The number of hydrogen-bond donors (Lipinski definition) is 2. The lowest BCUT2D eigenvalue weighted by Crippen LogP contribution is -2.53. The number of carbonyl (C=O) groups is 1. The SMILES string of the molecule is CCOC(=O)N1CC[C@@H](NC)[C@@H](O)C1. The van der Waals surface area contributed by atoms with Crippen LogP contribution in [0.5, 0.6) is 0 Å². The Labute approximate surface area is 84.0 Å². The summed E-state index contributed by atoms with van der Waals surface area (Å²) in [5.41, 5.74) is 0. The Hall–Kier alpha value is -0.810. The van der Waals surface area contributed by atoms with Gasteiger partial charge in [0, 0.05) is 12.6 Å². The van der Waals surface area contributed by atoms with Crippen molar-refractivity contribution < 1.29 is 14.6 Å². The van der Waals surface area contributed by atoms with Crippen molar-refractivity contribution in [1.29, 1.82) is 0 Å². The molecular weight excluding hydrogens is 184 g/mol. The molecule has 0 aliphatic carbocycles. The molecule has 0 aromatic carbocycles. The maximum absolute atomic E-state index is 11.3.